The SMILES string of the molecule is CCCCCCCCCCC[C@H](CC(=O)NC1C(CC[C@H](NC(=O)C[C@@H](CCCCCCCCCCC)OC(=O)CCCCCCCCC)C(=O)O)OC(COC2(C(=O)O)CC(OC3(C(=O)O)CC(O)C(O)C([C@H](O)CO)O3)C(O)C([C@H](O)CO)O2)C(OP(=O)(O)O)C1OC(=O)C[C@@H](CCCCCCCCCCC)OC(=O)CCCCCCCCC)OC(=O)CCCCCCCCC. The average Bonchev–Trinajstić information content (AvgIpc) is 0.751. The van der Waals surface area contributed by atoms with Crippen molar-refractivity contribution in [1.29, 1.82) is 0 Å². The molecule has 3 aliphatic rings. The Bertz CT molecular complexity index is 3190. The predicted octanol–water partition coefficient (Wildman–Crippen LogP) is 15.4. The van der Waals surface area contributed by atoms with Gasteiger partial charge >= 0.3 is 49.6 Å². The van der Waals surface area contributed by atoms with E-state index in [1.54, 1.807) is 0 Å². The summed E-state index contributed by atoms with van der Waals surface area (Å²) < 4.78 is 74.5. The number of aliphatic hydroxyl groups excluding tert-OH is 7. The van der Waals surface area contributed by atoms with Crippen LogP contribution in [0.1, 0.15) is 433 Å². The first-order valence-electron chi connectivity index (χ1n) is 51.6. The molecule has 3 saturated heterocycles. The number of carbonyl (C=O) groups is 9. The van der Waals surface area contributed by atoms with Crippen LogP contribution in [0.4, 0.5) is 0 Å². The second kappa shape index (κ2) is 72.2. The van der Waals surface area contributed by atoms with Crippen molar-refractivity contribution in [2.24, 2.45) is 0 Å². The lowest BCUT2D eigenvalue weighted by Crippen LogP contribution is -2.69. The summed E-state index contributed by atoms with van der Waals surface area (Å²) in [5.41, 5.74) is 0. The van der Waals surface area contributed by atoms with Gasteiger partial charge in [-0.3, -0.25) is 33.3 Å². The van der Waals surface area contributed by atoms with Crippen LogP contribution < -0.4 is 10.6 Å². The number of phosphoric acid groups is 1. The lowest BCUT2D eigenvalue weighted by Gasteiger charge is -2.50. The molecule has 3 heterocycles. The standard InChI is InChI=1S/C98H177N2O32P/c1-7-13-19-25-31-34-40-43-49-55-71(124-83(108)58-52-46-37-28-22-16-10-4)63-81(106)99-74(94(114)115)61-62-78-87(100-82(107)64-72(56-50-44-41-35-32-26-20-14-8-2)125-84(109)59-53-47-38-29-23-17-11-5)93(128-86(111)65-73(57-51-45-42-36-33-27-21-15-9-3)126-85(110)60-54-48-39-30-24-18-12-6)92(132-133(120,121)122)80(127-78)70-123-97(95(116)117)67-79(89(113)91(130-97)77(105)69-102)129-98(96(118)119)66-75(103)88(112)90(131-98)76(104)68-101/h71-80,87-93,101-105,112-113H,7-70H2,1-6H3,(H,99,106)(H,100,107)(H,114,115)(H,116,117)(H,118,119)(H2,120,121,122)/t71-,72-,73-,74+,75?,76-,77-,78?,79?,80?,87?,88?,89?,90?,91?,92?,93?,97?,98?/m1/s1. The Morgan fingerprint density at radius 1 is 0.414 bits per heavy atom. The van der Waals surface area contributed by atoms with E-state index in [1.807, 2.05) is 0 Å². The minimum Gasteiger partial charge on any atom is -0.480 e. The molecule has 0 aromatic carbocycles. The smallest absolute Gasteiger partial charge is 0.470 e. The van der Waals surface area contributed by atoms with E-state index < -0.39 is 241 Å². The second-order valence-electron chi connectivity index (χ2n) is 37.5. The van der Waals surface area contributed by atoms with Crippen molar-refractivity contribution in [3.05, 3.63) is 0 Å². The van der Waals surface area contributed by atoms with Gasteiger partial charge in [0.05, 0.1) is 63.4 Å². The number of aliphatic hydroxyl groups is 7. The first kappa shape index (κ1) is 122. The zero-order valence-electron chi connectivity index (χ0n) is 81.5. The molecule has 2 amide bonds. The third-order valence-corrected chi connectivity index (χ3v) is 26.2. The molecule has 13 unspecified atom stereocenters. The van der Waals surface area contributed by atoms with Crippen LogP contribution in [0.15, 0.2) is 0 Å². The summed E-state index contributed by atoms with van der Waals surface area (Å²) in [5, 5.41) is 115. The zero-order valence-corrected chi connectivity index (χ0v) is 82.4. The van der Waals surface area contributed by atoms with Gasteiger partial charge in [0.1, 0.15) is 73.2 Å². The molecule has 14 N–H and O–H groups in total. The van der Waals surface area contributed by atoms with Crippen molar-refractivity contribution >= 4 is 61.4 Å². The maximum absolute atomic E-state index is 15.5. The Balaban J connectivity index is 2.46. The third kappa shape index (κ3) is 51.6. The lowest BCUT2D eigenvalue weighted by molar-refractivity contribution is -0.376. The first-order valence-corrected chi connectivity index (χ1v) is 53.1. The summed E-state index contributed by atoms with van der Waals surface area (Å²) in [5.74, 6) is -17.4. The van der Waals surface area contributed by atoms with E-state index in [0.29, 0.717) is 57.8 Å². The number of carboxylic acid groups (broad SMARTS) is 3. The van der Waals surface area contributed by atoms with Crippen LogP contribution in [0.3, 0.4) is 0 Å². The average molecular weight is 1930 g/mol. The summed E-state index contributed by atoms with van der Waals surface area (Å²) >= 11 is 0. The van der Waals surface area contributed by atoms with Gasteiger partial charge in [-0.1, -0.05) is 311 Å². The summed E-state index contributed by atoms with van der Waals surface area (Å²) in [6.07, 6.45) is 8.62. The van der Waals surface area contributed by atoms with Gasteiger partial charge in [0, 0.05) is 32.1 Å². The normalized spacial score (nSPS) is 23.5. The Morgan fingerprint density at radius 3 is 1.12 bits per heavy atom. The molecular formula is C98H177N2O32P. The van der Waals surface area contributed by atoms with Crippen LogP contribution in [0.5, 0.6) is 0 Å². The van der Waals surface area contributed by atoms with Crippen molar-refractivity contribution in [2.45, 2.75) is 548 Å². The highest BCUT2D eigenvalue weighted by Crippen LogP contribution is 2.45. The fraction of sp³-hybridized carbons (Fsp3) is 0.908. The Hall–Kier alpha value is -5.14. The summed E-state index contributed by atoms with van der Waals surface area (Å²) in [7, 11) is -6.06. The van der Waals surface area contributed by atoms with Gasteiger partial charge in [0.25, 0.3) is 11.6 Å². The molecule has 776 valence electrons. The molecule has 0 bridgehead atoms. The van der Waals surface area contributed by atoms with Crippen LogP contribution >= 0.6 is 7.82 Å². The van der Waals surface area contributed by atoms with Gasteiger partial charge in [0.15, 0.2) is 6.10 Å². The van der Waals surface area contributed by atoms with E-state index in [9.17, 15) is 99.0 Å². The zero-order chi connectivity index (χ0) is 98.3. The van der Waals surface area contributed by atoms with Crippen molar-refractivity contribution in [3.8, 4) is 0 Å². The van der Waals surface area contributed by atoms with Crippen molar-refractivity contribution in [1.82, 2.24) is 10.6 Å². The molecular weight excluding hydrogens is 1750 g/mol. The van der Waals surface area contributed by atoms with E-state index in [4.69, 9.17) is 47.2 Å². The number of ether oxygens (including phenoxy) is 9. The Morgan fingerprint density at radius 2 is 0.759 bits per heavy atom. The maximum atomic E-state index is 15.5. The molecule has 0 radical (unpaired) electrons. The van der Waals surface area contributed by atoms with Gasteiger partial charge in [-0.25, -0.2) is 18.9 Å². The largest absolute Gasteiger partial charge is 0.480 e. The number of phosphoric ester groups is 1. The topological polar surface area (TPSA) is 530 Å². The van der Waals surface area contributed by atoms with Crippen LogP contribution in [0, 0.1) is 0 Å². The molecule has 0 saturated carbocycles. The molecule has 3 aliphatic heterocycles. The summed E-state index contributed by atoms with van der Waals surface area (Å²) in [4.78, 5) is 151. The number of hydrogen-bond donors (Lipinski definition) is 14. The lowest BCUT2D eigenvalue weighted by atomic mass is 9.88. The van der Waals surface area contributed by atoms with Crippen LogP contribution in [0.2, 0.25) is 0 Å². The highest BCUT2D eigenvalue weighted by molar-refractivity contribution is 7.46. The van der Waals surface area contributed by atoms with Crippen LogP contribution in [-0.2, 0) is 94.9 Å². The number of nitrogens with one attached hydrogen (secondary N) is 2. The molecule has 35 heteroatoms. The van der Waals surface area contributed by atoms with Gasteiger partial charge in [-0.15, -0.1) is 0 Å². The Kier molecular flexibility index (Phi) is 66.2. The summed E-state index contributed by atoms with van der Waals surface area (Å²) in [6.45, 7) is 8.82. The van der Waals surface area contributed by atoms with E-state index in [0.717, 1.165) is 250 Å². The molecule has 3 fully saturated rings. The molecule has 133 heavy (non-hydrogen) atoms. The van der Waals surface area contributed by atoms with Crippen molar-refractivity contribution < 1.29 is 156 Å². The number of hydrogen-bond acceptors (Lipinski definition) is 27. The minimum absolute atomic E-state index is 0.0139. The predicted molar refractivity (Wildman–Crippen MR) is 498 cm³/mol. The number of esters is 4. The fourth-order valence-corrected chi connectivity index (χ4v) is 18.4. The van der Waals surface area contributed by atoms with E-state index in [2.05, 4.69) is 52.2 Å². The number of carbonyl (C=O) groups excluding carboxylic acids is 6. The second-order valence-corrected chi connectivity index (χ2v) is 38.7. The maximum Gasteiger partial charge on any atom is 0.470 e. The molecule has 0 aliphatic carbocycles. The molecule has 3 rings (SSSR count). The fourth-order valence-electron chi connectivity index (χ4n) is 17.8. The number of unbranched alkanes of at least 4 members (excludes halogenated alkanes) is 42. The molecule has 0 aromatic heterocycles. The van der Waals surface area contributed by atoms with E-state index >= 15 is 9.59 Å². The molecule has 34 nitrogen and oxygen atoms in total. The van der Waals surface area contributed by atoms with E-state index in [1.165, 1.54) is 0 Å². The van der Waals surface area contributed by atoms with Crippen LogP contribution in [-0.4, -0.2) is 249 Å². The number of rotatable bonds is 83. The summed E-state index contributed by atoms with van der Waals surface area (Å²) in [6, 6.07) is -3.84. The number of amides is 2. The van der Waals surface area contributed by atoms with E-state index in [-0.39, 0.29) is 38.5 Å². The van der Waals surface area contributed by atoms with Gasteiger partial charge < -0.3 is 114 Å². The molecule has 0 aromatic rings. The van der Waals surface area contributed by atoms with Crippen molar-refractivity contribution in [2.75, 3.05) is 19.8 Å². The minimum atomic E-state index is -6.06. The van der Waals surface area contributed by atoms with Gasteiger partial charge in [-0.2, -0.15) is 0 Å². The third-order valence-electron chi connectivity index (χ3n) is 25.6. The van der Waals surface area contributed by atoms with Crippen molar-refractivity contribution in [3.63, 3.8) is 0 Å². The van der Waals surface area contributed by atoms with Crippen LogP contribution in [0.25, 0.3) is 0 Å². The highest BCUT2D eigenvalue weighted by Gasteiger charge is 2.62. The monoisotopic (exact) mass is 1930 g/mol. The number of aliphatic carboxylic acids is 3. The highest BCUT2D eigenvalue weighted by atomic mass is 31.2. The number of carboxylic acids is 3. The van der Waals surface area contributed by atoms with Gasteiger partial charge in [-0.05, 0) is 70.6 Å². The quantitative estimate of drug-likeness (QED) is 0.0116. The molecule has 0 spiro atoms. The Labute approximate surface area is 792 Å². The first-order chi connectivity index (χ1) is 63.8. The van der Waals surface area contributed by atoms with Gasteiger partial charge in [0.2, 0.25) is 11.8 Å². The molecule has 19 atom stereocenters.